The van der Waals surface area contributed by atoms with E-state index in [0.29, 0.717) is 12.0 Å². The predicted molar refractivity (Wildman–Crippen MR) is 89.2 cm³/mol. The second-order valence-electron chi connectivity index (χ2n) is 7.08. The zero-order valence-electron chi connectivity index (χ0n) is 13.0. The Morgan fingerprint density at radius 3 is 2.67 bits per heavy atom. The maximum atomic E-state index is 14.4. The van der Waals surface area contributed by atoms with Crippen LogP contribution in [0.1, 0.15) is 33.6 Å². The van der Waals surface area contributed by atoms with Gasteiger partial charge in [0.15, 0.2) is 0 Å². The molecule has 1 saturated heterocycles. The summed E-state index contributed by atoms with van der Waals surface area (Å²) in [7, 11) is 0. The number of nitrogens with zero attached hydrogens (tertiary/aromatic N) is 1. The Morgan fingerprint density at radius 2 is 2.10 bits per heavy atom. The molecule has 1 aromatic carbocycles. The van der Waals surface area contributed by atoms with Gasteiger partial charge in [0.2, 0.25) is 0 Å². The van der Waals surface area contributed by atoms with Crippen LogP contribution in [0.2, 0.25) is 0 Å². The van der Waals surface area contributed by atoms with Gasteiger partial charge in [0.05, 0.1) is 5.69 Å². The second-order valence-corrected chi connectivity index (χ2v) is 7.94. The molecule has 2 unspecified atom stereocenters. The van der Waals surface area contributed by atoms with E-state index in [1.807, 2.05) is 6.07 Å². The largest absolute Gasteiger partial charge is 0.362 e. The average Bonchev–Trinajstić information content (AvgIpc) is 3.23. The highest BCUT2D eigenvalue weighted by Crippen LogP contribution is 2.44. The number of anilines is 1. The van der Waals surface area contributed by atoms with Crippen LogP contribution in [0.4, 0.5) is 10.1 Å². The van der Waals surface area contributed by atoms with Crippen LogP contribution in [0.3, 0.4) is 0 Å². The minimum absolute atomic E-state index is 0.104. The molecule has 116 valence electrons. The van der Waals surface area contributed by atoms with Crippen LogP contribution in [-0.4, -0.2) is 24.7 Å². The fraction of sp³-hybridized carbons (Fsp3) is 0.647. The lowest BCUT2D eigenvalue weighted by molar-refractivity contribution is 0.232. The van der Waals surface area contributed by atoms with Crippen LogP contribution >= 0.6 is 15.9 Å². The smallest absolute Gasteiger partial charge is 0.147 e. The van der Waals surface area contributed by atoms with E-state index in [-0.39, 0.29) is 11.4 Å². The Bertz CT molecular complexity index is 509. The summed E-state index contributed by atoms with van der Waals surface area (Å²) in [6, 6.07) is 5.58. The molecule has 1 saturated carbocycles. The highest BCUT2D eigenvalue weighted by molar-refractivity contribution is 9.10. The predicted octanol–water partition coefficient (Wildman–Crippen LogP) is 4.19. The van der Waals surface area contributed by atoms with Gasteiger partial charge in [-0.2, -0.15) is 0 Å². The molecular formula is C17H24BrFN2. The number of hydrogen-bond donors (Lipinski definition) is 1. The van der Waals surface area contributed by atoms with Gasteiger partial charge >= 0.3 is 0 Å². The van der Waals surface area contributed by atoms with Gasteiger partial charge in [0.25, 0.3) is 0 Å². The van der Waals surface area contributed by atoms with Gasteiger partial charge in [-0.25, -0.2) is 4.39 Å². The first-order chi connectivity index (χ1) is 9.92. The molecule has 4 heteroatoms. The highest BCUT2D eigenvalue weighted by Gasteiger charge is 2.47. The Morgan fingerprint density at radius 1 is 1.38 bits per heavy atom. The summed E-state index contributed by atoms with van der Waals surface area (Å²) in [5.41, 5.74) is 0.831. The van der Waals surface area contributed by atoms with Crippen molar-refractivity contribution in [3.63, 3.8) is 0 Å². The van der Waals surface area contributed by atoms with Gasteiger partial charge in [0, 0.05) is 29.1 Å². The van der Waals surface area contributed by atoms with E-state index in [1.54, 1.807) is 12.1 Å². The lowest BCUT2D eigenvalue weighted by atomic mass is 9.87. The Hall–Kier alpha value is -0.610. The molecule has 3 rings (SSSR count). The van der Waals surface area contributed by atoms with E-state index in [9.17, 15) is 4.39 Å². The molecule has 0 aromatic heterocycles. The van der Waals surface area contributed by atoms with Crippen molar-refractivity contribution in [1.82, 2.24) is 5.32 Å². The molecule has 1 aliphatic carbocycles. The number of hydrogen-bond acceptors (Lipinski definition) is 2. The van der Waals surface area contributed by atoms with Crippen molar-refractivity contribution in [2.45, 2.75) is 45.2 Å². The zero-order chi connectivity index (χ0) is 15.2. The first-order valence-electron chi connectivity index (χ1n) is 7.88. The van der Waals surface area contributed by atoms with Gasteiger partial charge in [-0.05, 0) is 59.7 Å². The first-order valence-corrected chi connectivity index (χ1v) is 8.67. The zero-order valence-corrected chi connectivity index (χ0v) is 14.6. The summed E-state index contributed by atoms with van der Waals surface area (Å²) in [6.45, 7) is 8.52. The Kier molecular flexibility index (Phi) is 4.04. The summed E-state index contributed by atoms with van der Waals surface area (Å²) in [5.74, 6) is 1.08. The van der Waals surface area contributed by atoms with Crippen molar-refractivity contribution >= 4 is 21.6 Å². The summed E-state index contributed by atoms with van der Waals surface area (Å²) in [4.78, 5) is 2.29. The van der Waals surface area contributed by atoms with Gasteiger partial charge in [-0.3, -0.25) is 0 Å². The Balaban J connectivity index is 1.97. The third kappa shape index (κ3) is 2.85. The molecule has 1 N–H and O–H groups in total. The van der Waals surface area contributed by atoms with Crippen LogP contribution in [0.15, 0.2) is 22.7 Å². The molecule has 21 heavy (non-hydrogen) atoms. The van der Waals surface area contributed by atoms with Crippen molar-refractivity contribution in [3.8, 4) is 0 Å². The average molecular weight is 355 g/mol. The Labute approximate surface area is 135 Å². The minimum atomic E-state index is -0.130. The lowest BCUT2D eigenvalue weighted by Gasteiger charge is -2.49. The maximum Gasteiger partial charge on any atom is 0.147 e. The molecule has 2 aliphatic rings. The molecule has 0 spiro atoms. The summed E-state index contributed by atoms with van der Waals surface area (Å²) >= 11 is 3.55. The van der Waals surface area contributed by atoms with Crippen molar-refractivity contribution in [3.05, 3.63) is 28.5 Å². The molecule has 0 bridgehead atoms. The van der Waals surface area contributed by atoms with Gasteiger partial charge in [-0.1, -0.05) is 19.9 Å². The molecule has 0 amide bonds. The van der Waals surface area contributed by atoms with Crippen molar-refractivity contribution in [2.24, 2.45) is 11.8 Å². The molecule has 1 aromatic rings. The number of para-hydroxylation sites is 1. The van der Waals surface area contributed by atoms with E-state index in [4.69, 9.17) is 0 Å². The van der Waals surface area contributed by atoms with Crippen LogP contribution < -0.4 is 10.2 Å². The standard InChI is InChI=1S/C17H24BrFN2/c1-11(2)15-9-20-17(3,12-7-8-12)10-21(15)16-13(18)5-4-6-14(16)19/h4-6,11-12,15,20H,7-10H2,1-3H3. The number of benzene rings is 1. The van der Waals surface area contributed by atoms with Crippen molar-refractivity contribution in [2.75, 3.05) is 18.0 Å². The summed E-state index contributed by atoms with van der Waals surface area (Å²) in [6.07, 6.45) is 2.59. The van der Waals surface area contributed by atoms with Crippen molar-refractivity contribution in [1.29, 1.82) is 0 Å². The first kappa shape index (κ1) is 15.3. The number of halogens is 2. The lowest BCUT2D eigenvalue weighted by Crippen LogP contribution is -2.65. The van der Waals surface area contributed by atoms with Crippen molar-refractivity contribution < 1.29 is 4.39 Å². The molecule has 2 fully saturated rings. The fourth-order valence-corrected chi connectivity index (χ4v) is 4.14. The third-order valence-electron chi connectivity index (χ3n) is 5.09. The van der Waals surface area contributed by atoms with Gasteiger partial charge in [-0.15, -0.1) is 0 Å². The highest BCUT2D eigenvalue weighted by atomic mass is 79.9. The normalized spacial score (nSPS) is 30.0. The van der Waals surface area contributed by atoms with E-state index >= 15 is 0 Å². The summed E-state index contributed by atoms with van der Waals surface area (Å²) < 4.78 is 15.3. The molecule has 2 nitrogen and oxygen atoms in total. The monoisotopic (exact) mass is 354 g/mol. The second kappa shape index (κ2) is 5.54. The number of rotatable bonds is 3. The van der Waals surface area contributed by atoms with E-state index in [0.717, 1.165) is 29.2 Å². The molecule has 0 radical (unpaired) electrons. The topological polar surface area (TPSA) is 15.3 Å². The van der Waals surface area contributed by atoms with E-state index < -0.39 is 0 Å². The third-order valence-corrected chi connectivity index (χ3v) is 5.73. The van der Waals surface area contributed by atoms with Gasteiger partial charge < -0.3 is 10.2 Å². The molecule has 1 aliphatic heterocycles. The molecule has 1 heterocycles. The molecule has 2 atom stereocenters. The minimum Gasteiger partial charge on any atom is -0.362 e. The molecular weight excluding hydrogens is 331 g/mol. The fourth-order valence-electron chi connectivity index (χ4n) is 3.57. The van der Waals surface area contributed by atoms with Crippen LogP contribution in [0, 0.1) is 17.7 Å². The van der Waals surface area contributed by atoms with E-state index in [1.165, 1.54) is 12.8 Å². The van der Waals surface area contributed by atoms with Crippen LogP contribution in [0.25, 0.3) is 0 Å². The summed E-state index contributed by atoms with van der Waals surface area (Å²) in [5, 5.41) is 3.75. The SMILES string of the molecule is CC(C)C1CNC(C)(C2CC2)CN1c1c(F)cccc1Br. The quantitative estimate of drug-likeness (QED) is 0.875. The number of nitrogens with one attached hydrogen (secondary N) is 1. The van der Waals surface area contributed by atoms with Gasteiger partial charge in [0.1, 0.15) is 5.82 Å². The van der Waals surface area contributed by atoms with Crippen LogP contribution in [0.5, 0.6) is 0 Å². The number of piperazine rings is 1. The van der Waals surface area contributed by atoms with Crippen LogP contribution in [-0.2, 0) is 0 Å². The maximum absolute atomic E-state index is 14.4. The van der Waals surface area contributed by atoms with E-state index in [2.05, 4.69) is 46.9 Å².